The molecule has 3 N–H and O–H groups in total. The van der Waals surface area contributed by atoms with E-state index in [1.807, 2.05) is 0 Å². The molecule has 0 amide bonds. The van der Waals surface area contributed by atoms with Gasteiger partial charge in [-0.05, 0) is 44.8 Å². The molecule has 6 heteroatoms. The third-order valence-corrected chi connectivity index (χ3v) is 5.22. The van der Waals surface area contributed by atoms with Crippen LogP contribution < -0.4 is 11.1 Å². The van der Waals surface area contributed by atoms with Gasteiger partial charge in [0.05, 0.1) is 5.75 Å². The van der Waals surface area contributed by atoms with Crippen LogP contribution in [-0.4, -0.2) is 63.6 Å². The normalized spacial score (nSPS) is 32.6. The van der Waals surface area contributed by atoms with E-state index in [9.17, 15) is 8.42 Å². The summed E-state index contributed by atoms with van der Waals surface area (Å²) < 4.78 is 22.6. The molecule has 0 bridgehead atoms. The van der Waals surface area contributed by atoms with Gasteiger partial charge in [-0.2, -0.15) is 0 Å². The third-order valence-electron chi connectivity index (χ3n) is 4.15. The zero-order valence-corrected chi connectivity index (χ0v) is 12.0. The van der Waals surface area contributed by atoms with Gasteiger partial charge >= 0.3 is 0 Å². The average Bonchev–Trinajstić information content (AvgIpc) is 2.29. The summed E-state index contributed by atoms with van der Waals surface area (Å²) in [5.74, 6) is 0.688. The molecule has 2 unspecified atom stereocenters. The fourth-order valence-corrected chi connectivity index (χ4v) is 4.39. The molecule has 2 heterocycles. The third kappa shape index (κ3) is 3.91. The summed E-state index contributed by atoms with van der Waals surface area (Å²) in [6, 6.07) is 0.690. The second-order valence-electron chi connectivity index (χ2n) is 5.80. The summed E-state index contributed by atoms with van der Waals surface area (Å²) in [5, 5.41) is 3.31. The molecule has 0 saturated carbocycles. The Morgan fingerprint density at radius 3 is 2.50 bits per heavy atom. The van der Waals surface area contributed by atoms with Crippen molar-refractivity contribution in [2.24, 2.45) is 11.7 Å². The maximum atomic E-state index is 11.3. The van der Waals surface area contributed by atoms with Crippen molar-refractivity contribution in [1.82, 2.24) is 10.2 Å². The van der Waals surface area contributed by atoms with Crippen LogP contribution in [0.3, 0.4) is 0 Å². The Labute approximate surface area is 110 Å². The van der Waals surface area contributed by atoms with E-state index in [1.54, 1.807) is 0 Å². The minimum atomic E-state index is -2.83. The van der Waals surface area contributed by atoms with Gasteiger partial charge in [0.15, 0.2) is 0 Å². The highest BCUT2D eigenvalue weighted by Gasteiger charge is 2.31. The van der Waals surface area contributed by atoms with Gasteiger partial charge < -0.3 is 11.1 Å². The zero-order chi connectivity index (χ0) is 13.2. The van der Waals surface area contributed by atoms with Gasteiger partial charge in [0.25, 0.3) is 0 Å². The zero-order valence-electron chi connectivity index (χ0n) is 11.1. The lowest BCUT2D eigenvalue weighted by atomic mass is 9.93. The largest absolute Gasteiger partial charge is 0.325 e. The number of nitrogens with zero attached hydrogens (tertiary/aromatic N) is 1. The Morgan fingerprint density at radius 1 is 1.28 bits per heavy atom. The van der Waals surface area contributed by atoms with Crippen molar-refractivity contribution in [3.63, 3.8) is 0 Å². The molecular formula is C12H25N3O2S. The first kappa shape index (κ1) is 14.2. The van der Waals surface area contributed by atoms with E-state index in [0.717, 1.165) is 45.4 Å². The average molecular weight is 275 g/mol. The first-order valence-corrected chi connectivity index (χ1v) is 8.90. The van der Waals surface area contributed by atoms with Crippen molar-refractivity contribution in [2.75, 3.05) is 38.2 Å². The minimum absolute atomic E-state index is 0.213. The lowest BCUT2D eigenvalue weighted by molar-refractivity contribution is 0.103. The number of sulfone groups is 1. The van der Waals surface area contributed by atoms with Crippen LogP contribution in [0.1, 0.15) is 19.3 Å². The van der Waals surface area contributed by atoms with Crippen molar-refractivity contribution in [3.05, 3.63) is 0 Å². The van der Waals surface area contributed by atoms with E-state index in [2.05, 4.69) is 10.2 Å². The minimum Gasteiger partial charge on any atom is -0.325 e. The molecule has 2 atom stereocenters. The van der Waals surface area contributed by atoms with E-state index in [0.29, 0.717) is 17.7 Å². The van der Waals surface area contributed by atoms with E-state index in [-0.39, 0.29) is 6.04 Å². The molecule has 106 valence electrons. The fraction of sp³-hybridized carbons (Fsp3) is 1.00. The van der Waals surface area contributed by atoms with E-state index in [1.165, 1.54) is 6.26 Å². The number of piperidine rings is 2. The second-order valence-corrected chi connectivity index (χ2v) is 7.98. The quantitative estimate of drug-likeness (QED) is 0.721. The van der Waals surface area contributed by atoms with Crippen LogP contribution in [-0.2, 0) is 9.84 Å². The molecule has 2 aliphatic rings. The van der Waals surface area contributed by atoms with Gasteiger partial charge in [-0.3, -0.25) is 4.90 Å². The molecule has 2 saturated heterocycles. The summed E-state index contributed by atoms with van der Waals surface area (Å²) in [5.41, 5.74) is 6.15. The van der Waals surface area contributed by atoms with Gasteiger partial charge in [-0.1, -0.05) is 0 Å². The van der Waals surface area contributed by atoms with Crippen LogP contribution in [0.4, 0.5) is 0 Å². The molecule has 0 spiro atoms. The second kappa shape index (κ2) is 5.86. The predicted octanol–water partition coefficient (Wildman–Crippen LogP) is -0.568. The summed E-state index contributed by atoms with van der Waals surface area (Å²) in [6.45, 7) is 3.94. The monoisotopic (exact) mass is 275 g/mol. The topological polar surface area (TPSA) is 75.4 Å². The van der Waals surface area contributed by atoms with Gasteiger partial charge in [0, 0.05) is 24.9 Å². The maximum Gasteiger partial charge on any atom is 0.147 e. The molecule has 5 nitrogen and oxygen atoms in total. The summed E-state index contributed by atoms with van der Waals surface area (Å²) in [7, 11) is -2.83. The smallest absolute Gasteiger partial charge is 0.147 e. The Kier molecular flexibility index (Phi) is 4.64. The molecule has 0 aromatic carbocycles. The molecule has 18 heavy (non-hydrogen) atoms. The van der Waals surface area contributed by atoms with Crippen molar-refractivity contribution in [3.8, 4) is 0 Å². The molecule has 0 aromatic heterocycles. The number of nitrogens with two attached hydrogens (primary N) is 1. The van der Waals surface area contributed by atoms with Crippen LogP contribution in [0.25, 0.3) is 0 Å². The number of hydrogen-bond acceptors (Lipinski definition) is 5. The first-order valence-electron chi connectivity index (χ1n) is 6.84. The standard InChI is InChI=1S/C12H25N3O2S/c1-18(16,17)9-10-3-6-15(7-4-10)12-2-5-14-8-11(12)13/h10-12,14H,2-9,13H2,1H3. The molecule has 2 aliphatic heterocycles. The van der Waals surface area contributed by atoms with Gasteiger partial charge in [-0.15, -0.1) is 0 Å². The number of nitrogens with one attached hydrogen (secondary N) is 1. The lowest BCUT2D eigenvalue weighted by Crippen LogP contribution is -2.58. The lowest BCUT2D eigenvalue weighted by Gasteiger charge is -2.42. The van der Waals surface area contributed by atoms with Crippen molar-refractivity contribution in [2.45, 2.75) is 31.3 Å². The van der Waals surface area contributed by atoms with Crippen molar-refractivity contribution < 1.29 is 8.42 Å². The molecule has 0 radical (unpaired) electrons. The van der Waals surface area contributed by atoms with Crippen LogP contribution in [0.15, 0.2) is 0 Å². The van der Waals surface area contributed by atoms with Crippen molar-refractivity contribution >= 4 is 9.84 Å². The van der Waals surface area contributed by atoms with Gasteiger partial charge in [0.1, 0.15) is 9.84 Å². The number of likely N-dealkylation sites (tertiary alicyclic amines) is 1. The number of rotatable bonds is 3. The summed E-state index contributed by atoms with van der Waals surface area (Å²) in [4.78, 5) is 2.46. The summed E-state index contributed by atoms with van der Waals surface area (Å²) in [6.07, 6.45) is 4.42. The Morgan fingerprint density at radius 2 is 1.94 bits per heavy atom. The predicted molar refractivity (Wildman–Crippen MR) is 73.3 cm³/mol. The van der Waals surface area contributed by atoms with Crippen molar-refractivity contribution in [1.29, 1.82) is 0 Å². The van der Waals surface area contributed by atoms with E-state index >= 15 is 0 Å². The molecule has 2 rings (SSSR count). The molecular weight excluding hydrogens is 250 g/mol. The first-order chi connectivity index (χ1) is 8.46. The summed E-state index contributed by atoms with van der Waals surface area (Å²) >= 11 is 0. The highest BCUT2D eigenvalue weighted by atomic mass is 32.2. The van der Waals surface area contributed by atoms with Gasteiger partial charge in [0.2, 0.25) is 0 Å². The Balaban J connectivity index is 1.82. The van der Waals surface area contributed by atoms with E-state index in [4.69, 9.17) is 5.73 Å². The van der Waals surface area contributed by atoms with Crippen LogP contribution in [0.5, 0.6) is 0 Å². The number of hydrogen-bond donors (Lipinski definition) is 2. The van der Waals surface area contributed by atoms with Crippen LogP contribution in [0, 0.1) is 5.92 Å². The van der Waals surface area contributed by atoms with E-state index < -0.39 is 9.84 Å². The fourth-order valence-electron chi connectivity index (χ4n) is 3.20. The molecule has 2 fully saturated rings. The molecule has 0 aromatic rings. The van der Waals surface area contributed by atoms with Crippen LogP contribution in [0.2, 0.25) is 0 Å². The Hall–Kier alpha value is -0.170. The van der Waals surface area contributed by atoms with Crippen LogP contribution >= 0.6 is 0 Å². The van der Waals surface area contributed by atoms with Gasteiger partial charge in [-0.25, -0.2) is 8.42 Å². The maximum absolute atomic E-state index is 11.3. The molecule has 0 aliphatic carbocycles. The highest BCUT2D eigenvalue weighted by molar-refractivity contribution is 7.90. The Bertz CT molecular complexity index is 364. The highest BCUT2D eigenvalue weighted by Crippen LogP contribution is 2.23. The SMILES string of the molecule is CS(=O)(=O)CC1CCN(C2CCNCC2N)CC1.